The zero-order valence-corrected chi connectivity index (χ0v) is 19.8. The Kier molecular flexibility index (Phi) is 7.26. The van der Waals surface area contributed by atoms with E-state index in [9.17, 15) is 9.18 Å². The number of nitrogens with one attached hydrogen (secondary N) is 1. The van der Waals surface area contributed by atoms with Crippen LogP contribution in [0.4, 0.5) is 4.39 Å². The van der Waals surface area contributed by atoms with Crippen LogP contribution < -0.4 is 5.43 Å². The van der Waals surface area contributed by atoms with E-state index in [1.807, 2.05) is 47.9 Å². The Morgan fingerprint density at radius 1 is 1.15 bits per heavy atom. The van der Waals surface area contributed by atoms with Crippen LogP contribution >= 0.6 is 27.7 Å². The number of benzene rings is 2. The number of aromatic nitrogens is 4. The monoisotopic (exact) mass is 524 g/mol. The lowest BCUT2D eigenvalue weighted by atomic mass is 10.2. The lowest BCUT2D eigenvalue weighted by Gasteiger charge is -2.10. The highest BCUT2D eigenvalue weighted by molar-refractivity contribution is 9.10. The lowest BCUT2D eigenvalue weighted by molar-refractivity contribution is -0.118. The third-order valence-corrected chi connectivity index (χ3v) is 5.97. The summed E-state index contributed by atoms with van der Waals surface area (Å²) < 4.78 is 16.4. The zero-order valence-electron chi connectivity index (χ0n) is 17.4. The van der Waals surface area contributed by atoms with Gasteiger partial charge < -0.3 is 0 Å². The topological polar surface area (TPSA) is 85.1 Å². The first kappa shape index (κ1) is 22.8. The van der Waals surface area contributed by atoms with E-state index >= 15 is 0 Å². The van der Waals surface area contributed by atoms with E-state index in [1.165, 1.54) is 24.0 Å². The molecule has 4 rings (SSSR count). The van der Waals surface area contributed by atoms with Crippen molar-refractivity contribution in [1.29, 1.82) is 0 Å². The Balaban J connectivity index is 1.50. The fourth-order valence-corrected chi connectivity index (χ4v) is 4.05. The number of rotatable bonds is 7. The summed E-state index contributed by atoms with van der Waals surface area (Å²) >= 11 is 4.51. The minimum absolute atomic E-state index is 0.0542. The highest BCUT2D eigenvalue weighted by Gasteiger charge is 2.17. The Bertz CT molecular complexity index is 1290. The van der Waals surface area contributed by atoms with Crippen molar-refractivity contribution in [2.45, 2.75) is 12.1 Å². The average molecular weight is 525 g/mol. The van der Waals surface area contributed by atoms with Gasteiger partial charge in [-0.2, -0.15) is 5.10 Å². The van der Waals surface area contributed by atoms with E-state index in [-0.39, 0.29) is 17.2 Å². The number of aryl methyl sites for hydroxylation is 1. The van der Waals surface area contributed by atoms with Crippen molar-refractivity contribution in [2.24, 2.45) is 5.10 Å². The van der Waals surface area contributed by atoms with Gasteiger partial charge in [0.1, 0.15) is 5.82 Å². The van der Waals surface area contributed by atoms with Crippen molar-refractivity contribution in [1.82, 2.24) is 25.2 Å². The van der Waals surface area contributed by atoms with Gasteiger partial charge in [-0.05, 0) is 49.4 Å². The first-order chi connectivity index (χ1) is 16.0. The normalized spacial score (nSPS) is 11.1. The third-order valence-electron chi connectivity index (χ3n) is 4.55. The smallest absolute Gasteiger partial charge is 0.250 e. The number of carbonyl (C=O) groups excluding carboxylic acids is 1. The summed E-state index contributed by atoms with van der Waals surface area (Å²) in [6, 6.07) is 16.1. The number of pyridine rings is 1. The SMILES string of the molecule is Cc1ccc(-n2c(SCC(=O)NN=Cc3cc(Br)ccc3F)nnc2-c2ccncc2)cc1. The van der Waals surface area contributed by atoms with Crippen LogP contribution in [0.3, 0.4) is 0 Å². The molecule has 0 saturated carbocycles. The van der Waals surface area contributed by atoms with Crippen LogP contribution in [-0.2, 0) is 4.79 Å². The van der Waals surface area contributed by atoms with Crippen LogP contribution in [0, 0.1) is 12.7 Å². The summed E-state index contributed by atoms with van der Waals surface area (Å²) in [5.74, 6) is -0.0816. The molecule has 2 aromatic heterocycles. The molecular weight excluding hydrogens is 507 g/mol. The molecule has 1 amide bonds. The van der Waals surface area contributed by atoms with Gasteiger partial charge >= 0.3 is 0 Å². The number of halogens is 2. The first-order valence-corrected chi connectivity index (χ1v) is 11.6. The van der Waals surface area contributed by atoms with Gasteiger partial charge in [0.05, 0.1) is 12.0 Å². The first-order valence-electron chi connectivity index (χ1n) is 9.84. The van der Waals surface area contributed by atoms with Gasteiger partial charge in [-0.1, -0.05) is 45.4 Å². The fraction of sp³-hybridized carbons (Fsp3) is 0.0870. The van der Waals surface area contributed by atoms with Crippen LogP contribution in [0.5, 0.6) is 0 Å². The summed E-state index contributed by atoms with van der Waals surface area (Å²) in [7, 11) is 0. The molecule has 0 fully saturated rings. The van der Waals surface area contributed by atoms with Gasteiger partial charge in [-0.3, -0.25) is 14.3 Å². The Labute approximate surface area is 202 Å². The van der Waals surface area contributed by atoms with Crippen LogP contribution in [0.25, 0.3) is 17.1 Å². The third kappa shape index (κ3) is 5.71. The Morgan fingerprint density at radius 2 is 1.91 bits per heavy atom. The predicted octanol–water partition coefficient (Wildman–Crippen LogP) is 4.78. The molecule has 0 spiro atoms. The highest BCUT2D eigenvalue weighted by Crippen LogP contribution is 2.27. The molecule has 166 valence electrons. The molecule has 4 aromatic rings. The molecule has 33 heavy (non-hydrogen) atoms. The average Bonchev–Trinajstić information content (AvgIpc) is 3.25. The molecule has 10 heteroatoms. The van der Waals surface area contributed by atoms with Crippen LogP contribution in [-0.4, -0.2) is 37.6 Å². The second kappa shape index (κ2) is 10.5. The molecule has 0 aliphatic carbocycles. The highest BCUT2D eigenvalue weighted by atomic mass is 79.9. The Hall–Kier alpha value is -3.37. The molecule has 0 aliphatic rings. The number of carbonyl (C=O) groups is 1. The predicted molar refractivity (Wildman–Crippen MR) is 130 cm³/mol. The minimum atomic E-state index is -0.430. The van der Waals surface area contributed by atoms with Gasteiger partial charge in [-0.15, -0.1) is 10.2 Å². The summed E-state index contributed by atoms with van der Waals surface area (Å²) in [5.41, 5.74) is 5.54. The van der Waals surface area contributed by atoms with E-state index in [2.05, 4.69) is 41.6 Å². The van der Waals surface area contributed by atoms with Crippen LogP contribution in [0.2, 0.25) is 0 Å². The number of hydrogen-bond acceptors (Lipinski definition) is 6. The molecule has 1 N–H and O–H groups in total. The summed E-state index contributed by atoms with van der Waals surface area (Å²) in [5, 5.41) is 13.0. The van der Waals surface area contributed by atoms with Crippen molar-refractivity contribution in [3.05, 3.63) is 88.4 Å². The van der Waals surface area contributed by atoms with Crippen molar-refractivity contribution in [3.8, 4) is 17.1 Å². The maximum Gasteiger partial charge on any atom is 0.250 e. The fourth-order valence-electron chi connectivity index (χ4n) is 2.93. The van der Waals surface area contributed by atoms with Crippen molar-refractivity contribution in [2.75, 3.05) is 5.75 Å². The summed E-state index contributed by atoms with van der Waals surface area (Å²) in [6.45, 7) is 2.01. The zero-order chi connectivity index (χ0) is 23.2. The number of thioether (sulfide) groups is 1. The van der Waals surface area contributed by atoms with E-state index in [1.54, 1.807) is 24.5 Å². The van der Waals surface area contributed by atoms with Crippen molar-refractivity contribution < 1.29 is 9.18 Å². The molecule has 0 radical (unpaired) electrons. The number of hydrogen-bond donors (Lipinski definition) is 1. The molecule has 0 unspecified atom stereocenters. The molecular formula is C23H18BrFN6OS. The minimum Gasteiger partial charge on any atom is -0.272 e. The second-order valence-corrected chi connectivity index (χ2v) is 8.82. The molecule has 0 atom stereocenters. The van der Waals surface area contributed by atoms with Gasteiger partial charge in [0.2, 0.25) is 0 Å². The van der Waals surface area contributed by atoms with Gasteiger partial charge in [0.15, 0.2) is 11.0 Å². The summed E-state index contributed by atoms with van der Waals surface area (Å²) in [6.07, 6.45) is 4.64. The van der Waals surface area contributed by atoms with E-state index in [4.69, 9.17) is 0 Å². The maximum atomic E-state index is 13.8. The van der Waals surface area contributed by atoms with E-state index in [0.717, 1.165) is 16.8 Å². The van der Waals surface area contributed by atoms with Crippen molar-refractivity contribution in [3.63, 3.8) is 0 Å². The lowest BCUT2D eigenvalue weighted by Crippen LogP contribution is -2.20. The summed E-state index contributed by atoms with van der Waals surface area (Å²) in [4.78, 5) is 16.4. The van der Waals surface area contributed by atoms with Gasteiger partial charge in [0.25, 0.3) is 5.91 Å². The van der Waals surface area contributed by atoms with E-state index in [0.29, 0.717) is 15.5 Å². The van der Waals surface area contributed by atoms with E-state index < -0.39 is 5.82 Å². The van der Waals surface area contributed by atoms with Crippen LogP contribution in [0.1, 0.15) is 11.1 Å². The maximum absolute atomic E-state index is 13.8. The molecule has 0 saturated heterocycles. The standard InChI is InChI=1S/C23H18BrFN6OS/c1-15-2-5-19(6-3-15)31-22(16-8-10-26-11-9-16)29-30-23(31)33-14-21(32)28-27-13-17-12-18(24)4-7-20(17)25/h2-13H,14H2,1H3,(H,28,32). The van der Waals surface area contributed by atoms with Crippen molar-refractivity contribution >= 4 is 39.8 Å². The number of nitrogens with zero attached hydrogens (tertiary/aromatic N) is 5. The largest absolute Gasteiger partial charge is 0.272 e. The molecule has 2 heterocycles. The second-order valence-electron chi connectivity index (χ2n) is 6.96. The quantitative estimate of drug-likeness (QED) is 0.213. The molecule has 7 nitrogen and oxygen atoms in total. The van der Waals surface area contributed by atoms with Gasteiger partial charge in [-0.25, -0.2) is 9.82 Å². The number of amides is 1. The van der Waals surface area contributed by atoms with Crippen LogP contribution in [0.15, 0.2) is 81.7 Å². The molecule has 0 aliphatic heterocycles. The van der Waals surface area contributed by atoms with Gasteiger partial charge in [0, 0.05) is 33.7 Å². The number of hydrazone groups is 1. The molecule has 0 bridgehead atoms. The Morgan fingerprint density at radius 3 is 2.67 bits per heavy atom. The molecule has 2 aromatic carbocycles.